The maximum atomic E-state index is 12.2. The topological polar surface area (TPSA) is 68.5 Å². The molecule has 0 aromatic carbocycles. The SMILES string of the molecule is O=C(COC(=O)CC12CC3CC(CC(C3)C1)C2)NCc1ccco1. The average Bonchev–Trinajstić information content (AvgIpc) is 3.02. The zero-order valence-electron chi connectivity index (χ0n) is 14.0. The average molecular weight is 331 g/mol. The smallest absolute Gasteiger partial charge is 0.306 e. The van der Waals surface area contributed by atoms with E-state index < -0.39 is 0 Å². The fourth-order valence-electron chi connectivity index (χ4n) is 5.66. The van der Waals surface area contributed by atoms with E-state index in [4.69, 9.17) is 9.15 Å². The Balaban J connectivity index is 1.23. The van der Waals surface area contributed by atoms with Gasteiger partial charge in [-0.05, 0) is 73.8 Å². The number of amides is 1. The van der Waals surface area contributed by atoms with Gasteiger partial charge in [0.05, 0.1) is 19.2 Å². The van der Waals surface area contributed by atoms with Crippen molar-refractivity contribution in [2.75, 3.05) is 6.61 Å². The van der Waals surface area contributed by atoms with E-state index in [9.17, 15) is 9.59 Å². The number of hydrogen-bond acceptors (Lipinski definition) is 4. The molecule has 1 N–H and O–H groups in total. The third-order valence-corrected chi connectivity index (χ3v) is 6.09. The second-order valence-corrected chi connectivity index (χ2v) is 8.11. The van der Waals surface area contributed by atoms with Crippen LogP contribution in [-0.4, -0.2) is 18.5 Å². The highest BCUT2D eigenvalue weighted by atomic mass is 16.5. The second-order valence-electron chi connectivity index (χ2n) is 8.11. The molecule has 1 aromatic heterocycles. The van der Waals surface area contributed by atoms with Gasteiger partial charge in [0.2, 0.25) is 0 Å². The van der Waals surface area contributed by atoms with Crippen molar-refractivity contribution in [1.82, 2.24) is 5.32 Å². The lowest BCUT2D eigenvalue weighted by Crippen LogP contribution is -2.47. The summed E-state index contributed by atoms with van der Waals surface area (Å²) < 4.78 is 10.4. The van der Waals surface area contributed by atoms with E-state index in [0.717, 1.165) is 17.8 Å². The van der Waals surface area contributed by atoms with Crippen LogP contribution in [0.3, 0.4) is 0 Å². The highest BCUT2D eigenvalue weighted by Crippen LogP contribution is 2.61. The number of hydrogen-bond donors (Lipinski definition) is 1. The minimum atomic E-state index is -0.287. The lowest BCUT2D eigenvalue weighted by molar-refractivity contribution is -0.155. The van der Waals surface area contributed by atoms with Crippen LogP contribution >= 0.6 is 0 Å². The first-order valence-corrected chi connectivity index (χ1v) is 9.05. The Morgan fingerprint density at radius 3 is 2.42 bits per heavy atom. The van der Waals surface area contributed by atoms with Gasteiger partial charge in [-0.25, -0.2) is 0 Å². The Morgan fingerprint density at radius 2 is 1.83 bits per heavy atom. The van der Waals surface area contributed by atoms with E-state index in [2.05, 4.69) is 5.32 Å². The summed E-state index contributed by atoms with van der Waals surface area (Å²) in [6, 6.07) is 3.56. The van der Waals surface area contributed by atoms with Crippen molar-refractivity contribution < 1.29 is 18.7 Å². The van der Waals surface area contributed by atoms with Gasteiger partial charge in [-0.3, -0.25) is 9.59 Å². The van der Waals surface area contributed by atoms with Crippen molar-refractivity contribution >= 4 is 11.9 Å². The second kappa shape index (κ2) is 6.26. The highest BCUT2D eigenvalue weighted by molar-refractivity contribution is 5.80. The summed E-state index contributed by atoms with van der Waals surface area (Å²) >= 11 is 0. The largest absolute Gasteiger partial charge is 0.467 e. The molecule has 0 saturated heterocycles. The molecule has 4 fully saturated rings. The van der Waals surface area contributed by atoms with E-state index in [0.29, 0.717) is 18.7 Å². The number of nitrogens with one attached hydrogen (secondary N) is 1. The van der Waals surface area contributed by atoms with Crippen LogP contribution in [0.2, 0.25) is 0 Å². The van der Waals surface area contributed by atoms with Crippen LogP contribution in [0, 0.1) is 23.2 Å². The third kappa shape index (κ3) is 3.35. The molecule has 0 unspecified atom stereocenters. The van der Waals surface area contributed by atoms with Gasteiger partial charge in [-0.2, -0.15) is 0 Å². The quantitative estimate of drug-likeness (QED) is 0.814. The summed E-state index contributed by atoms with van der Waals surface area (Å²) in [5.41, 5.74) is 0.163. The molecule has 24 heavy (non-hydrogen) atoms. The first-order chi connectivity index (χ1) is 11.6. The van der Waals surface area contributed by atoms with E-state index >= 15 is 0 Å². The van der Waals surface area contributed by atoms with Gasteiger partial charge >= 0.3 is 5.97 Å². The van der Waals surface area contributed by atoms with Gasteiger partial charge in [-0.15, -0.1) is 0 Å². The lowest BCUT2D eigenvalue weighted by atomic mass is 9.49. The zero-order chi connectivity index (χ0) is 16.6. The van der Waals surface area contributed by atoms with E-state index in [-0.39, 0.29) is 23.9 Å². The maximum Gasteiger partial charge on any atom is 0.306 e. The molecule has 4 bridgehead atoms. The summed E-state index contributed by atoms with van der Waals surface area (Å²) in [5.74, 6) is 2.64. The van der Waals surface area contributed by atoms with E-state index in [1.54, 1.807) is 18.4 Å². The van der Waals surface area contributed by atoms with Crippen molar-refractivity contribution in [2.45, 2.75) is 51.5 Å². The van der Waals surface area contributed by atoms with Crippen LogP contribution in [0.1, 0.15) is 50.7 Å². The normalized spacial score (nSPS) is 33.4. The fourth-order valence-corrected chi connectivity index (χ4v) is 5.66. The fraction of sp³-hybridized carbons (Fsp3) is 0.684. The van der Waals surface area contributed by atoms with Gasteiger partial charge in [0.15, 0.2) is 6.61 Å². The van der Waals surface area contributed by atoms with Gasteiger partial charge in [-0.1, -0.05) is 0 Å². The summed E-state index contributed by atoms with van der Waals surface area (Å²) in [5, 5.41) is 2.69. The number of ether oxygens (including phenoxy) is 1. The Bertz CT molecular complexity index is 572. The minimum absolute atomic E-state index is 0.163. The number of esters is 1. The van der Waals surface area contributed by atoms with Gasteiger partial charge in [0.1, 0.15) is 5.76 Å². The minimum Gasteiger partial charge on any atom is -0.467 e. The predicted molar refractivity (Wildman–Crippen MR) is 86.7 cm³/mol. The number of carbonyl (C=O) groups excluding carboxylic acids is 2. The Hall–Kier alpha value is -1.78. The van der Waals surface area contributed by atoms with Crippen LogP contribution in [0.25, 0.3) is 0 Å². The molecule has 0 radical (unpaired) electrons. The van der Waals surface area contributed by atoms with E-state index in [1.807, 2.05) is 0 Å². The van der Waals surface area contributed by atoms with Crippen LogP contribution in [-0.2, 0) is 20.9 Å². The monoisotopic (exact) mass is 331 g/mol. The lowest BCUT2D eigenvalue weighted by Gasteiger charge is -2.56. The number of carbonyl (C=O) groups is 2. The Labute approximate surface area is 142 Å². The zero-order valence-corrected chi connectivity index (χ0v) is 14.0. The molecule has 0 aliphatic heterocycles. The molecule has 5 heteroatoms. The third-order valence-electron chi connectivity index (χ3n) is 6.09. The predicted octanol–water partition coefficient (Wildman–Crippen LogP) is 3.05. The first kappa shape index (κ1) is 15.7. The number of rotatable bonds is 6. The molecule has 1 aromatic rings. The van der Waals surface area contributed by atoms with Gasteiger partial charge < -0.3 is 14.5 Å². The summed E-state index contributed by atoms with van der Waals surface area (Å²) in [4.78, 5) is 24.0. The number of furan rings is 1. The van der Waals surface area contributed by atoms with Crippen LogP contribution in [0.4, 0.5) is 0 Å². The summed E-state index contributed by atoms with van der Waals surface area (Å²) in [6.45, 7) is 0.115. The molecular formula is C19H25NO4. The van der Waals surface area contributed by atoms with Crippen LogP contribution in [0.5, 0.6) is 0 Å². The molecule has 130 valence electrons. The van der Waals surface area contributed by atoms with Crippen LogP contribution < -0.4 is 5.32 Å². The van der Waals surface area contributed by atoms with Crippen LogP contribution in [0.15, 0.2) is 22.8 Å². The molecule has 1 heterocycles. The molecule has 4 aliphatic rings. The van der Waals surface area contributed by atoms with Crippen molar-refractivity contribution in [3.8, 4) is 0 Å². The molecule has 0 atom stereocenters. The molecule has 4 aliphatic carbocycles. The Morgan fingerprint density at radius 1 is 1.17 bits per heavy atom. The standard InChI is InChI=1S/C19H25NO4/c21-17(20-11-16-2-1-3-23-16)12-24-18(22)10-19-7-13-4-14(8-19)6-15(5-13)9-19/h1-3,13-15H,4-12H2,(H,20,21). The molecule has 0 spiro atoms. The summed E-state index contributed by atoms with van der Waals surface area (Å²) in [6.07, 6.45) is 9.68. The first-order valence-electron chi connectivity index (χ1n) is 9.05. The molecular weight excluding hydrogens is 306 g/mol. The molecule has 4 saturated carbocycles. The Kier molecular flexibility index (Phi) is 4.10. The van der Waals surface area contributed by atoms with Gasteiger partial charge in [0, 0.05) is 0 Å². The van der Waals surface area contributed by atoms with Crippen molar-refractivity contribution in [1.29, 1.82) is 0 Å². The van der Waals surface area contributed by atoms with Crippen molar-refractivity contribution in [2.24, 2.45) is 23.2 Å². The molecule has 1 amide bonds. The summed E-state index contributed by atoms with van der Waals surface area (Å²) in [7, 11) is 0. The van der Waals surface area contributed by atoms with E-state index in [1.165, 1.54) is 38.5 Å². The van der Waals surface area contributed by atoms with Crippen molar-refractivity contribution in [3.05, 3.63) is 24.2 Å². The van der Waals surface area contributed by atoms with Crippen molar-refractivity contribution in [3.63, 3.8) is 0 Å². The van der Waals surface area contributed by atoms with Gasteiger partial charge in [0.25, 0.3) is 5.91 Å². The molecule has 5 rings (SSSR count). The molecule has 5 nitrogen and oxygen atoms in total. The maximum absolute atomic E-state index is 12.2. The highest BCUT2D eigenvalue weighted by Gasteiger charge is 2.51.